The van der Waals surface area contributed by atoms with Crippen LogP contribution in [0.1, 0.15) is 44.2 Å². The highest BCUT2D eigenvalue weighted by molar-refractivity contribution is 7.90. The molecule has 1 aromatic rings. The molecule has 28 heavy (non-hydrogen) atoms. The van der Waals surface area contributed by atoms with Gasteiger partial charge in [-0.3, -0.25) is 4.79 Å². The molecular weight excluding hydrogens is 376 g/mol. The molecular formula is C20H32N4O3S. The second kappa shape index (κ2) is 10.5. The number of guanidine groups is 1. The van der Waals surface area contributed by atoms with Crippen molar-refractivity contribution < 1.29 is 13.2 Å². The van der Waals surface area contributed by atoms with Crippen molar-refractivity contribution in [1.82, 2.24) is 15.5 Å². The summed E-state index contributed by atoms with van der Waals surface area (Å²) in [4.78, 5) is 18.2. The van der Waals surface area contributed by atoms with Crippen LogP contribution in [0.5, 0.6) is 0 Å². The van der Waals surface area contributed by atoms with Gasteiger partial charge in [0.1, 0.15) is 9.84 Å². The zero-order chi connectivity index (χ0) is 20.6. The average Bonchev–Trinajstić information content (AvgIpc) is 3.03. The molecule has 1 aromatic carbocycles. The fourth-order valence-electron chi connectivity index (χ4n) is 3.03. The molecule has 0 radical (unpaired) electrons. The molecule has 0 saturated carbocycles. The molecule has 2 rings (SSSR count). The van der Waals surface area contributed by atoms with Gasteiger partial charge >= 0.3 is 0 Å². The molecule has 0 aliphatic carbocycles. The van der Waals surface area contributed by atoms with E-state index in [-0.39, 0.29) is 17.7 Å². The zero-order valence-electron chi connectivity index (χ0n) is 17.1. The molecule has 1 fully saturated rings. The van der Waals surface area contributed by atoms with Crippen LogP contribution in [0.4, 0.5) is 0 Å². The molecule has 7 nitrogen and oxygen atoms in total. The van der Waals surface area contributed by atoms with Crippen LogP contribution >= 0.6 is 0 Å². The van der Waals surface area contributed by atoms with Gasteiger partial charge in [0.25, 0.3) is 0 Å². The second-order valence-corrected chi connectivity index (χ2v) is 9.65. The van der Waals surface area contributed by atoms with Crippen LogP contribution in [-0.4, -0.2) is 56.3 Å². The van der Waals surface area contributed by atoms with Gasteiger partial charge in [-0.15, -0.1) is 0 Å². The predicted molar refractivity (Wildman–Crippen MR) is 113 cm³/mol. The van der Waals surface area contributed by atoms with Crippen molar-refractivity contribution in [3.63, 3.8) is 0 Å². The number of sulfone groups is 1. The third kappa shape index (κ3) is 7.88. The van der Waals surface area contributed by atoms with Crippen LogP contribution in [-0.2, 0) is 27.7 Å². The van der Waals surface area contributed by atoms with E-state index in [4.69, 9.17) is 0 Å². The summed E-state index contributed by atoms with van der Waals surface area (Å²) >= 11 is 0. The van der Waals surface area contributed by atoms with Gasteiger partial charge in [0.15, 0.2) is 5.96 Å². The van der Waals surface area contributed by atoms with Gasteiger partial charge in [0.2, 0.25) is 5.91 Å². The summed E-state index contributed by atoms with van der Waals surface area (Å²) in [5.74, 6) is 1.07. The number of rotatable bonds is 9. The molecule has 2 N–H and O–H groups in total. The Morgan fingerprint density at radius 1 is 1.25 bits per heavy atom. The molecule has 8 heteroatoms. The van der Waals surface area contributed by atoms with E-state index in [2.05, 4.69) is 15.6 Å². The van der Waals surface area contributed by atoms with Crippen molar-refractivity contribution in [2.45, 2.75) is 52.2 Å². The Labute approximate surface area is 168 Å². The molecule has 0 spiro atoms. The summed E-state index contributed by atoms with van der Waals surface area (Å²) in [6.45, 7) is 6.72. The van der Waals surface area contributed by atoms with Gasteiger partial charge in [0, 0.05) is 38.4 Å². The normalized spacial score (nSPS) is 16.3. The molecule has 1 heterocycles. The minimum Gasteiger partial charge on any atom is -0.357 e. The van der Waals surface area contributed by atoms with E-state index in [9.17, 15) is 13.2 Å². The Balaban J connectivity index is 1.89. The highest BCUT2D eigenvalue weighted by Crippen LogP contribution is 2.15. The van der Waals surface area contributed by atoms with Gasteiger partial charge in [-0.05, 0) is 37.8 Å². The summed E-state index contributed by atoms with van der Waals surface area (Å²) in [5.41, 5.74) is 2.21. The van der Waals surface area contributed by atoms with Gasteiger partial charge < -0.3 is 15.5 Å². The lowest BCUT2D eigenvalue weighted by Crippen LogP contribution is -2.42. The summed E-state index contributed by atoms with van der Waals surface area (Å²) < 4.78 is 22.6. The number of likely N-dealkylation sites (tertiary alicyclic amines) is 1. The maximum atomic E-state index is 11.7. The van der Waals surface area contributed by atoms with Gasteiger partial charge in [0.05, 0.1) is 12.3 Å². The first-order valence-electron chi connectivity index (χ1n) is 9.85. The van der Waals surface area contributed by atoms with Crippen molar-refractivity contribution in [2.24, 2.45) is 4.99 Å². The fourth-order valence-corrected chi connectivity index (χ4v) is 3.81. The lowest BCUT2D eigenvalue weighted by molar-refractivity contribution is -0.128. The minimum atomic E-state index is -2.96. The number of aliphatic imine (C=N–C) groups is 1. The lowest BCUT2D eigenvalue weighted by Gasteiger charge is -2.17. The van der Waals surface area contributed by atoms with E-state index in [0.717, 1.165) is 30.6 Å². The fraction of sp³-hybridized carbons (Fsp3) is 0.600. The molecule has 1 amide bonds. The molecule has 1 unspecified atom stereocenters. The van der Waals surface area contributed by atoms with E-state index in [1.807, 2.05) is 43.0 Å². The summed E-state index contributed by atoms with van der Waals surface area (Å²) in [6, 6.07) is 8.18. The summed E-state index contributed by atoms with van der Waals surface area (Å²) in [7, 11) is -2.96. The van der Waals surface area contributed by atoms with Crippen molar-refractivity contribution in [3.05, 3.63) is 35.4 Å². The molecule has 1 aliphatic rings. The van der Waals surface area contributed by atoms with Crippen LogP contribution in [0.2, 0.25) is 0 Å². The standard InChI is InChI=1S/C20H32N4O3S/c1-4-21-20(23-16(2)11-13-28(3,26)27)22-14-17-7-9-18(10-8-17)15-24-12-5-6-19(24)25/h7-10,16H,4-6,11-15H2,1-3H3,(H2,21,22,23). The Morgan fingerprint density at radius 2 is 1.93 bits per heavy atom. The first-order chi connectivity index (χ1) is 13.3. The smallest absolute Gasteiger partial charge is 0.222 e. The maximum absolute atomic E-state index is 11.7. The molecule has 1 atom stereocenters. The Bertz CT molecular complexity index is 775. The number of benzene rings is 1. The van der Waals surface area contributed by atoms with Gasteiger partial charge in [-0.25, -0.2) is 13.4 Å². The SMILES string of the molecule is CCNC(=NCc1ccc(CN2CCCC2=O)cc1)NC(C)CCS(C)(=O)=O. The number of nitrogens with one attached hydrogen (secondary N) is 2. The Morgan fingerprint density at radius 3 is 2.50 bits per heavy atom. The van der Waals surface area contributed by atoms with E-state index >= 15 is 0 Å². The number of hydrogen-bond acceptors (Lipinski definition) is 4. The first kappa shape index (κ1) is 22.2. The quantitative estimate of drug-likeness (QED) is 0.479. The first-order valence-corrected chi connectivity index (χ1v) is 11.9. The third-order valence-corrected chi connectivity index (χ3v) is 5.61. The minimum absolute atomic E-state index is 0.00731. The Kier molecular flexibility index (Phi) is 8.29. The van der Waals surface area contributed by atoms with E-state index in [0.29, 0.717) is 31.9 Å². The molecule has 156 valence electrons. The van der Waals surface area contributed by atoms with Crippen molar-refractivity contribution in [2.75, 3.05) is 25.1 Å². The average molecular weight is 409 g/mol. The van der Waals surface area contributed by atoms with Crippen molar-refractivity contribution in [3.8, 4) is 0 Å². The lowest BCUT2D eigenvalue weighted by atomic mass is 10.1. The molecule has 1 aliphatic heterocycles. The van der Waals surface area contributed by atoms with Crippen LogP contribution in [0, 0.1) is 0 Å². The van der Waals surface area contributed by atoms with Crippen molar-refractivity contribution in [1.29, 1.82) is 0 Å². The topological polar surface area (TPSA) is 90.9 Å². The van der Waals surface area contributed by atoms with Crippen LogP contribution in [0.15, 0.2) is 29.3 Å². The summed E-state index contributed by atoms with van der Waals surface area (Å²) in [6.07, 6.45) is 3.40. The Hall–Kier alpha value is -2.09. The number of carbonyl (C=O) groups excluding carboxylic acids is 1. The number of carbonyl (C=O) groups is 1. The molecule has 0 bridgehead atoms. The molecule has 0 aromatic heterocycles. The largest absolute Gasteiger partial charge is 0.357 e. The van der Waals surface area contributed by atoms with Crippen LogP contribution in [0.25, 0.3) is 0 Å². The number of hydrogen-bond donors (Lipinski definition) is 2. The monoisotopic (exact) mass is 408 g/mol. The second-order valence-electron chi connectivity index (χ2n) is 7.39. The van der Waals surface area contributed by atoms with E-state index < -0.39 is 9.84 Å². The maximum Gasteiger partial charge on any atom is 0.222 e. The third-order valence-electron chi connectivity index (χ3n) is 4.64. The van der Waals surface area contributed by atoms with E-state index in [1.165, 1.54) is 6.26 Å². The zero-order valence-corrected chi connectivity index (χ0v) is 17.9. The predicted octanol–water partition coefficient (Wildman–Crippen LogP) is 1.69. The van der Waals surface area contributed by atoms with Crippen LogP contribution in [0.3, 0.4) is 0 Å². The highest BCUT2D eigenvalue weighted by Gasteiger charge is 2.19. The van der Waals surface area contributed by atoms with Crippen LogP contribution < -0.4 is 10.6 Å². The summed E-state index contributed by atoms with van der Waals surface area (Å²) in [5, 5.41) is 6.45. The number of amides is 1. The number of nitrogens with zero attached hydrogens (tertiary/aromatic N) is 2. The van der Waals surface area contributed by atoms with Gasteiger partial charge in [-0.1, -0.05) is 24.3 Å². The van der Waals surface area contributed by atoms with E-state index in [1.54, 1.807) is 0 Å². The van der Waals surface area contributed by atoms with Crippen molar-refractivity contribution >= 4 is 21.7 Å². The van der Waals surface area contributed by atoms with Gasteiger partial charge in [-0.2, -0.15) is 0 Å². The highest BCUT2D eigenvalue weighted by atomic mass is 32.2. The molecule has 1 saturated heterocycles.